The summed E-state index contributed by atoms with van der Waals surface area (Å²) in [6.45, 7) is 7.86. The molecule has 0 aliphatic heterocycles. The van der Waals surface area contributed by atoms with Gasteiger partial charge in [-0.25, -0.2) is 0 Å². The van der Waals surface area contributed by atoms with E-state index >= 15 is 0 Å². The third-order valence-electron chi connectivity index (χ3n) is 2.68. The molecule has 118 valence electrons. The van der Waals surface area contributed by atoms with Crippen LogP contribution in [0.5, 0.6) is 0 Å². The molecule has 0 saturated heterocycles. The van der Waals surface area contributed by atoms with Gasteiger partial charge in [0.1, 0.15) is 0 Å². The van der Waals surface area contributed by atoms with Gasteiger partial charge in [0.05, 0.1) is 31.8 Å². The average Bonchev–Trinajstić information content (AvgIpc) is 2.41. The van der Waals surface area contributed by atoms with Crippen LogP contribution >= 0.6 is 0 Å². The minimum Gasteiger partial charge on any atom is -0.379 e. The van der Waals surface area contributed by atoms with Crippen LogP contribution in [-0.4, -0.2) is 31.3 Å². The fourth-order valence-electron chi connectivity index (χ4n) is 1.67. The number of anilines is 1. The highest BCUT2D eigenvalue weighted by atomic mass is 16.5. The average molecular weight is 294 g/mol. The second-order valence-electron chi connectivity index (χ2n) is 5.78. The van der Waals surface area contributed by atoms with Gasteiger partial charge in [0, 0.05) is 12.2 Å². The Bertz CT molecular complexity index is 441. The number of hydrogen-bond acceptors (Lipinski definition) is 4. The molecule has 0 fully saturated rings. The first-order valence-corrected chi connectivity index (χ1v) is 7.21. The standard InChI is InChI=1S/C16H26N2O3/c1-16(2,3)21-10-9-20-8-7-15(19)18-14-6-4-5-13(11-14)12-17/h4-6,11H,7-10,12,17H2,1-3H3,(H,18,19). The maximum Gasteiger partial charge on any atom is 0.226 e. The zero-order valence-corrected chi connectivity index (χ0v) is 13.1. The molecule has 1 rings (SSSR count). The van der Waals surface area contributed by atoms with E-state index in [1.807, 2.05) is 45.0 Å². The fourth-order valence-corrected chi connectivity index (χ4v) is 1.67. The lowest BCUT2D eigenvalue weighted by Crippen LogP contribution is -2.22. The minimum atomic E-state index is -0.158. The van der Waals surface area contributed by atoms with Crippen molar-refractivity contribution in [2.24, 2.45) is 5.73 Å². The molecule has 1 aromatic carbocycles. The van der Waals surface area contributed by atoms with Gasteiger partial charge in [-0.2, -0.15) is 0 Å². The van der Waals surface area contributed by atoms with Crippen molar-refractivity contribution in [3.8, 4) is 0 Å². The molecule has 3 N–H and O–H groups in total. The van der Waals surface area contributed by atoms with Crippen molar-refractivity contribution in [2.45, 2.75) is 39.3 Å². The summed E-state index contributed by atoms with van der Waals surface area (Å²) in [5.41, 5.74) is 7.16. The Morgan fingerprint density at radius 1 is 1.24 bits per heavy atom. The van der Waals surface area contributed by atoms with Crippen LogP contribution in [0.4, 0.5) is 5.69 Å². The molecule has 0 unspecified atom stereocenters. The third kappa shape index (κ3) is 8.45. The SMILES string of the molecule is CC(C)(C)OCCOCCC(=O)Nc1cccc(CN)c1. The highest BCUT2D eigenvalue weighted by molar-refractivity contribution is 5.90. The van der Waals surface area contributed by atoms with Gasteiger partial charge in [-0.15, -0.1) is 0 Å². The normalized spacial score (nSPS) is 11.4. The Balaban J connectivity index is 2.16. The second-order valence-corrected chi connectivity index (χ2v) is 5.78. The molecular weight excluding hydrogens is 268 g/mol. The van der Waals surface area contributed by atoms with Crippen molar-refractivity contribution in [1.29, 1.82) is 0 Å². The van der Waals surface area contributed by atoms with E-state index in [4.69, 9.17) is 15.2 Å². The van der Waals surface area contributed by atoms with Gasteiger partial charge in [-0.05, 0) is 38.5 Å². The lowest BCUT2D eigenvalue weighted by molar-refractivity contribution is -0.117. The Morgan fingerprint density at radius 3 is 2.67 bits per heavy atom. The Morgan fingerprint density at radius 2 is 2.00 bits per heavy atom. The smallest absolute Gasteiger partial charge is 0.226 e. The number of carbonyl (C=O) groups excluding carboxylic acids is 1. The van der Waals surface area contributed by atoms with Gasteiger partial charge < -0.3 is 20.5 Å². The van der Waals surface area contributed by atoms with Gasteiger partial charge in [0.25, 0.3) is 0 Å². The predicted octanol–water partition coefficient (Wildman–Crippen LogP) is 2.31. The van der Waals surface area contributed by atoms with Crippen LogP contribution in [0.15, 0.2) is 24.3 Å². The molecular formula is C16H26N2O3. The fraction of sp³-hybridized carbons (Fsp3) is 0.562. The zero-order valence-electron chi connectivity index (χ0n) is 13.1. The quantitative estimate of drug-likeness (QED) is 0.722. The van der Waals surface area contributed by atoms with E-state index in [-0.39, 0.29) is 11.5 Å². The number of carbonyl (C=O) groups is 1. The molecule has 5 heteroatoms. The number of nitrogens with two attached hydrogens (primary N) is 1. The van der Waals surface area contributed by atoms with Crippen molar-refractivity contribution >= 4 is 11.6 Å². The summed E-state index contributed by atoms with van der Waals surface area (Å²) in [7, 11) is 0. The van der Waals surface area contributed by atoms with Crippen molar-refractivity contribution in [3.63, 3.8) is 0 Å². The summed E-state index contributed by atoms with van der Waals surface area (Å²) in [4.78, 5) is 11.8. The largest absolute Gasteiger partial charge is 0.379 e. The highest BCUT2D eigenvalue weighted by Crippen LogP contribution is 2.10. The van der Waals surface area contributed by atoms with Crippen LogP contribution in [0.1, 0.15) is 32.8 Å². The van der Waals surface area contributed by atoms with Gasteiger partial charge in [-0.3, -0.25) is 4.79 Å². The van der Waals surface area contributed by atoms with E-state index in [1.54, 1.807) is 0 Å². The molecule has 0 atom stereocenters. The topological polar surface area (TPSA) is 73.6 Å². The van der Waals surface area contributed by atoms with E-state index in [0.717, 1.165) is 11.3 Å². The van der Waals surface area contributed by atoms with Gasteiger partial charge in [0.2, 0.25) is 5.91 Å². The van der Waals surface area contributed by atoms with Crippen molar-refractivity contribution in [3.05, 3.63) is 29.8 Å². The van der Waals surface area contributed by atoms with E-state index < -0.39 is 0 Å². The molecule has 0 aliphatic carbocycles. The summed E-state index contributed by atoms with van der Waals surface area (Å²) in [6.07, 6.45) is 0.322. The number of rotatable bonds is 8. The first-order valence-electron chi connectivity index (χ1n) is 7.21. The van der Waals surface area contributed by atoms with Crippen molar-refractivity contribution in [1.82, 2.24) is 0 Å². The Kier molecular flexibility index (Phi) is 7.36. The summed E-state index contributed by atoms with van der Waals surface area (Å²) in [6, 6.07) is 7.51. The van der Waals surface area contributed by atoms with Crippen molar-refractivity contribution in [2.75, 3.05) is 25.1 Å². The predicted molar refractivity (Wildman–Crippen MR) is 84.1 cm³/mol. The number of nitrogens with one attached hydrogen (secondary N) is 1. The third-order valence-corrected chi connectivity index (χ3v) is 2.68. The van der Waals surface area contributed by atoms with Gasteiger partial charge in [-0.1, -0.05) is 12.1 Å². The van der Waals surface area contributed by atoms with E-state index in [1.165, 1.54) is 0 Å². The molecule has 0 aliphatic rings. The Labute approximate surface area is 126 Å². The highest BCUT2D eigenvalue weighted by Gasteiger charge is 2.09. The van der Waals surface area contributed by atoms with E-state index in [0.29, 0.717) is 32.8 Å². The van der Waals surface area contributed by atoms with Crippen LogP contribution in [0.25, 0.3) is 0 Å². The number of ether oxygens (including phenoxy) is 2. The maximum absolute atomic E-state index is 11.8. The lowest BCUT2D eigenvalue weighted by atomic mass is 10.2. The molecule has 0 bridgehead atoms. The second kappa shape index (κ2) is 8.77. The first-order chi connectivity index (χ1) is 9.90. The summed E-state index contributed by atoms with van der Waals surface area (Å²) >= 11 is 0. The van der Waals surface area contributed by atoms with Gasteiger partial charge >= 0.3 is 0 Å². The van der Waals surface area contributed by atoms with Crippen LogP contribution in [-0.2, 0) is 20.8 Å². The maximum atomic E-state index is 11.8. The van der Waals surface area contributed by atoms with Crippen LogP contribution in [0.2, 0.25) is 0 Å². The molecule has 0 saturated carbocycles. The van der Waals surface area contributed by atoms with E-state index in [2.05, 4.69) is 5.32 Å². The van der Waals surface area contributed by atoms with Crippen LogP contribution in [0, 0.1) is 0 Å². The Hall–Kier alpha value is -1.43. The summed E-state index contributed by atoms with van der Waals surface area (Å²) < 4.78 is 10.9. The molecule has 1 amide bonds. The number of benzene rings is 1. The minimum absolute atomic E-state index is 0.0686. The molecule has 0 aromatic heterocycles. The number of amides is 1. The molecule has 1 aromatic rings. The van der Waals surface area contributed by atoms with E-state index in [9.17, 15) is 4.79 Å². The monoisotopic (exact) mass is 294 g/mol. The van der Waals surface area contributed by atoms with Crippen LogP contribution in [0.3, 0.4) is 0 Å². The van der Waals surface area contributed by atoms with Crippen LogP contribution < -0.4 is 11.1 Å². The molecule has 21 heavy (non-hydrogen) atoms. The number of hydrogen-bond donors (Lipinski definition) is 2. The zero-order chi connectivity index (χ0) is 15.7. The molecule has 0 heterocycles. The molecule has 0 radical (unpaired) electrons. The van der Waals surface area contributed by atoms with Crippen molar-refractivity contribution < 1.29 is 14.3 Å². The lowest BCUT2D eigenvalue weighted by Gasteiger charge is -2.19. The van der Waals surface area contributed by atoms with Gasteiger partial charge in [0.15, 0.2) is 0 Å². The summed E-state index contributed by atoms with van der Waals surface area (Å²) in [5.74, 6) is -0.0686. The molecule has 0 spiro atoms. The first kappa shape index (κ1) is 17.6. The molecule has 5 nitrogen and oxygen atoms in total. The summed E-state index contributed by atoms with van der Waals surface area (Å²) in [5, 5.41) is 2.83.